The molecule has 0 aromatic rings. The number of carbonyl (C=O) groups excluding carboxylic acids is 2. The molecule has 0 saturated carbocycles. The maximum atomic E-state index is 12.7. The van der Waals surface area contributed by atoms with E-state index in [1.165, 1.54) is 57.8 Å². The number of aliphatic hydroxyl groups excluding tert-OH is 2. The number of carbonyl (C=O) groups is 2. The van der Waals surface area contributed by atoms with E-state index < -0.39 is 51.8 Å². The van der Waals surface area contributed by atoms with Crippen LogP contribution in [0.15, 0.2) is 48.6 Å². The second-order valence-electron chi connectivity index (χ2n) is 14.7. The number of epoxide rings is 1. The molecule has 0 radical (unpaired) electrons. The number of allylic oxidation sites excluding steroid dienone is 7. The Balaban J connectivity index is 2.32. The largest absolute Gasteiger partial charge is 0.472 e. The topological polar surface area (TPSA) is 161 Å². The standard InChI is InChI=1S/C44H77O11P/c1-3-5-7-9-11-13-15-17-18-19-21-23-25-27-29-33-43(47)51-37-40(38-53-56(49,50)52-36-39(46)35-45)54-44(48)34-30-32-42-41(55-42)31-28-26-24-22-20-16-14-12-10-8-6-4-2/h12,14,17-18,20,22,26,28,39-42,45-46H,3-11,13,15-16,19,21,23-25,27,29-38H2,1-2H3,(H,49,50)/b14-12-,18-17-,22-20-,28-26-/t39-,40+,41?,42?/m0/s1. The summed E-state index contributed by atoms with van der Waals surface area (Å²) in [5.41, 5.74) is 0. The van der Waals surface area contributed by atoms with Crippen molar-refractivity contribution in [3.05, 3.63) is 48.6 Å². The Morgan fingerprint density at radius 1 is 0.643 bits per heavy atom. The van der Waals surface area contributed by atoms with E-state index in [0.29, 0.717) is 19.3 Å². The minimum Gasteiger partial charge on any atom is -0.462 e. The molecule has 1 heterocycles. The second kappa shape index (κ2) is 36.0. The highest BCUT2D eigenvalue weighted by atomic mass is 31.2. The summed E-state index contributed by atoms with van der Waals surface area (Å²) >= 11 is 0. The quantitative estimate of drug-likeness (QED) is 0.0178. The Morgan fingerprint density at radius 2 is 1.16 bits per heavy atom. The molecule has 0 aromatic heterocycles. The summed E-state index contributed by atoms with van der Waals surface area (Å²) in [6.45, 7) is 2.24. The minimum atomic E-state index is -4.64. The van der Waals surface area contributed by atoms with E-state index in [4.69, 9.17) is 23.8 Å². The van der Waals surface area contributed by atoms with Gasteiger partial charge in [0.25, 0.3) is 0 Å². The van der Waals surface area contributed by atoms with Crippen molar-refractivity contribution in [1.29, 1.82) is 0 Å². The van der Waals surface area contributed by atoms with Crippen LogP contribution in [-0.4, -0.2) is 77.9 Å². The van der Waals surface area contributed by atoms with Crippen molar-refractivity contribution in [3.8, 4) is 0 Å². The summed E-state index contributed by atoms with van der Waals surface area (Å²) in [5.74, 6) is -1.01. The first kappa shape index (κ1) is 51.9. The maximum Gasteiger partial charge on any atom is 0.472 e. The van der Waals surface area contributed by atoms with Crippen molar-refractivity contribution < 1.29 is 52.5 Å². The lowest BCUT2D eigenvalue weighted by Crippen LogP contribution is -2.30. The average Bonchev–Trinajstić information content (AvgIpc) is 3.94. The fraction of sp³-hybridized carbons (Fsp3) is 0.773. The van der Waals surface area contributed by atoms with Crippen LogP contribution in [0.3, 0.4) is 0 Å². The molecule has 3 N–H and O–H groups in total. The summed E-state index contributed by atoms with van der Waals surface area (Å²) in [4.78, 5) is 35.1. The number of hydrogen-bond acceptors (Lipinski definition) is 10. The molecule has 12 heteroatoms. The molecule has 1 saturated heterocycles. The third-order valence-corrected chi connectivity index (χ3v) is 10.3. The van der Waals surface area contributed by atoms with Gasteiger partial charge in [0.05, 0.1) is 32.0 Å². The molecule has 56 heavy (non-hydrogen) atoms. The number of unbranched alkanes of at least 4 members (excludes halogenated alkanes) is 14. The predicted molar refractivity (Wildman–Crippen MR) is 223 cm³/mol. The molecule has 1 rings (SSSR count). The van der Waals surface area contributed by atoms with Gasteiger partial charge in [0, 0.05) is 12.8 Å². The zero-order valence-electron chi connectivity index (χ0n) is 34.8. The summed E-state index contributed by atoms with van der Waals surface area (Å²) < 4.78 is 38.5. The Hall–Kier alpha value is -2.11. The van der Waals surface area contributed by atoms with Gasteiger partial charge in [-0.2, -0.15) is 0 Å². The van der Waals surface area contributed by atoms with Gasteiger partial charge in [-0.05, 0) is 77.0 Å². The molecule has 0 aliphatic carbocycles. The van der Waals surface area contributed by atoms with Crippen molar-refractivity contribution in [2.45, 2.75) is 192 Å². The third kappa shape index (κ3) is 32.9. The molecule has 0 amide bonds. The SMILES string of the molecule is CCCCC/C=C\C/C=C\C/C=C\CC1OC1CCCC(=O)O[C@H](COC(=O)CCCCCCC/C=C\CCCCCCCC)COP(=O)(O)OC[C@@H](O)CO. The molecular formula is C44H77O11P. The van der Waals surface area contributed by atoms with E-state index in [1.807, 2.05) is 0 Å². The molecule has 0 bridgehead atoms. The van der Waals surface area contributed by atoms with Crippen LogP contribution in [0.5, 0.6) is 0 Å². The van der Waals surface area contributed by atoms with Crippen LogP contribution in [0.2, 0.25) is 0 Å². The number of rotatable bonds is 39. The zero-order chi connectivity index (χ0) is 41.0. The highest BCUT2D eigenvalue weighted by molar-refractivity contribution is 7.47. The average molecular weight is 813 g/mol. The fourth-order valence-corrected chi connectivity index (χ4v) is 6.69. The molecule has 1 fully saturated rings. The van der Waals surface area contributed by atoms with E-state index in [1.54, 1.807) is 0 Å². The highest BCUT2D eigenvalue weighted by Crippen LogP contribution is 2.43. The lowest BCUT2D eigenvalue weighted by atomic mass is 10.1. The Bertz CT molecular complexity index is 1140. The lowest BCUT2D eigenvalue weighted by molar-refractivity contribution is -0.161. The van der Waals surface area contributed by atoms with Gasteiger partial charge >= 0.3 is 19.8 Å². The van der Waals surface area contributed by atoms with Crippen molar-refractivity contribution in [1.82, 2.24) is 0 Å². The maximum absolute atomic E-state index is 12.7. The molecular weight excluding hydrogens is 735 g/mol. The Morgan fingerprint density at radius 3 is 1.82 bits per heavy atom. The second-order valence-corrected chi connectivity index (χ2v) is 16.2. The number of hydrogen-bond donors (Lipinski definition) is 3. The summed E-state index contributed by atoms with van der Waals surface area (Å²) in [7, 11) is -4.64. The smallest absolute Gasteiger partial charge is 0.462 e. The van der Waals surface area contributed by atoms with Crippen molar-refractivity contribution in [3.63, 3.8) is 0 Å². The van der Waals surface area contributed by atoms with Gasteiger partial charge in [-0.1, -0.05) is 127 Å². The zero-order valence-corrected chi connectivity index (χ0v) is 35.7. The van der Waals surface area contributed by atoms with E-state index in [0.717, 1.165) is 64.2 Å². The molecule has 324 valence electrons. The fourth-order valence-electron chi connectivity index (χ4n) is 5.90. The molecule has 3 unspecified atom stereocenters. The molecule has 0 aromatic carbocycles. The number of phosphoric acid groups is 1. The van der Waals surface area contributed by atoms with E-state index >= 15 is 0 Å². The summed E-state index contributed by atoms with van der Waals surface area (Å²) in [6, 6.07) is 0. The van der Waals surface area contributed by atoms with Crippen LogP contribution in [0.1, 0.15) is 168 Å². The van der Waals surface area contributed by atoms with Crippen LogP contribution in [0.4, 0.5) is 0 Å². The van der Waals surface area contributed by atoms with Crippen LogP contribution in [0.25, 0.3) is 0 Å². The molecule has 1 aliphatic rings. The van der Waals surface area contributed by atoms with Crippen molar-refractivity contribution >= 4 is 19.8 Å². The molecule has 1 aliphatic heterocycles. The van der Waals surface area contributed by atoms with Crippen molar-refractivity contribution in [2.24, 2.45) is 0 Å². The number of phosphoric ester groups is 1. The predicted octanol–water partition coefficient (Wildman–Crippen LogP) is 10.3. The molecule has 0 spiro atoms. The normalized spacial score (nSPS) is 17.9. The van der Waals surface area contributed by atoms with Gasteiger partial charge in [-0.25, -0.2) is 4.57 Å². The van der Waals surface area contributed by atoms with Crippen LogP contribution >= 0.6 is 7.82 Å². The van der Waals surface area contributed by atoms with Gasteiger partial charge in [0.2, 0.25) is 0 Å². The monoisotopic (exact) mass is 813 g/mol. The summed E-state index contributed by atoms with van der Waals surface area (Å²) in [5, 5.41) is 18.3. The van der Waals surface area contributed by atoms with E-state index in [9.17, 15) is 24.2 Å². The minimum absolute atomic E-state index is 0.0872. The third-order valence-electron chi connectivity index (χ3n) is 9.38. The van der Waals surface area contributed by atoms with Gasteiger partial charge in [-0.15, -0.1) is 0 Å². The van der Waals surface area contributed by atoms with Crippen LogP contribution in [0, 0.1) is 0 Å². The summed E-state index contributed by atoms with van der Waals surface area (Å²) in [6.07, 6.45) is 39.5. The van der Waals surface area contributed by atoms with Gasteiger partial charge in [0.1, 0.15) is 12.7 Å². The first-order chi connectivity index (χ1) is 27.2. The van der Waals surface area contributed by atoms with E-state index in [2.05, 4.69) is 67.0 Å². The number of esters is 2. The highest BCUT2D eigenvalue weighted by Gasteiger charge is 2.37. The molecule has 11 nitrogen and oxygen atoms in total. The Labute approximate surface area is 338 Å². The van der Waals surface area contributed by atoms with Gasteiger partial charge < -0.3 is 29.3 Å². The first-order valence-corrected chi connectivity index (χ1v) is 23.2. The Kier molecular flexibility index (Phi) is 33.4. The first-order valence-electron chi connectivity index (χ1n) is 21.7. The van der Waals surface area contributed by atoms with Gasteiger partial charge in [-0.3, -0.25) is 18.6 Å². The number of aliphatic hydroxyl groups is 2. The number of ether oxygens (including phenoxy) is 3. The lowest BCUT2D eigenvalue weighted by Gasteiger charge is -2.20. The van der Waals surface area contributed by atoms with Crippen molar-refractivity contribution in [2.75, 3.05) is 26.4 Å². The van der Waals surface area contributed by atoms with Crippen LogP contribution in [-0.2, 0) is 37.4 Å². The van der Waals surface area contributed by atoms with Gasteiger partial charge in [0.15, 0.2) is 6.10 Å². The van der Waals surface area contributed by atoms with E-state index in [-0.39, 0.29) is 31.7 Å². The molecule has 5 atom stereocenters. The van der Waals surface area contributed by atoms with Crippen LogP contribution < -0.4 is 0 Å².